The standard InChI is InChI=1S/C26H26N4O3S/c1-3-33-24-14-20(12-13-23(24)31)15-27-29-25(32)17-34-26-28-21-6-4-5-7-22(21)30(26)16-19-10-8-18(2)9-11-19/h4-15,31H,3,16-17H2,1-2H3,(H,29,32). The Morgan fingerprint density at radius 3 is 2.76 bits per heavy atom. The molecule has 174 valence electrons. The first-order chi connectivity index (χ1) is 16.5. The van der Waals surface area contributed by atoms with Gasteiger partial charge in [-0.3, -0.25) is 4.79 Å². The van der Waals surface area contributed by atoms with E-state index in [4.69, 9.17) is 9.72 Å². The summed E-state index contributed by atoms with van der Waals surface area (Å²) in [5.74, 6) is 0.377. The molecule has 0 atom stereocenters. The van der Waals surface area contributed by atoms with Crippen LogP contribution >= 0.6 is 11.8 Å². The number of aromatic nitrogens is 2. The third kappa shape index (κ3) is 5.77. The molecule has 1 amide bonds. The lowest BCUT2D eigenvalue weighted by molar-refractivity contribution is -0.118. The van der Waals surface area contributed by atoms with Gasteiger partial charge in [0.05, 0.1) is 36.2 Å². The van der Waals surface area contributed by atoms with Crippen LogP contribution in [0.15, 0.2) is 77.0 Å². The number of nitrogens with zero attached hydrogens (tertiary/aromatic N) is 3. The van der Waals surface area contributed by atoms with Crippen LogP contribution in [0.25, 0.3) is 11.0 Å². The van der Waals surface area contributed by atoms with Crippen LogP contribution in [-0.4, -0.2) is 39.1 Å². The molecule has 34 heavy (non-hydrogen) atoms. The summed E-state index contributed by atoms with van der Waals surface area (Å²) in [4.78, 5) is 17.1. The number of phenols is 1. The van der Waals surface area contributed by atoms with Crippen molar-refractivity contribution in [3.8, 4) is 11.5 Å². The Hall–Kier alpha value is -3.78. The molecule has 0 fully saturated rings. The molecular formula is C26H26N4O3S. The van der Waals surface area contributed by atoms with Gasteiger partial charge in [-0.2, -0.15) is 5.10 Å². The highest BCUT2D eigenvalue weighted by Crippen LogP contribution is 2.27. The SMILES string of the molecule is CCOc1cc(C=NNC(=O)CSc2nc3ccccc3n2Cc2ccc(C)cc2)ccc1O. The average Bonchev–Trinajstić information content (AvgIpc) is 3.18. The van der Waals surface area contributed by atoms with Crippen molar-refractivity contribution in [3.05, 3.63) is 83.4 Å². The highest BCUT2D eigenvalue weighted by Gasteiger charge is 2.13. The molecule has 0 aliphatic rings. The minimum absolute atomic E-state index is 0.0629. The third-order valence-electron chi connectivity index (χ3n) is 5.10. The number of fused-ring (bicyclic) bond motifs is 1. The number of rotatable bonds is 9. The molecule has 0 aliphatic heterocycles. The molecule has 1 aromatic heterocycles. The molecule has 0 bridgehead atoms. The number of hydrogen-bond acceptors (Lipinski definition) is 6. The zero-order chi connectivity index (χ0) is 23.9. The van der Waals surface area contributed by atoms with Gasteiger partial charge in [0, 0.05) is 0 Å². The second-order valence-corrected chi connectivity index (χ2v) is 8.64. The van der Waals surface area contributed by atoms with Crippen LogP contribution in [0, 0.1) is 6.92 Å². The third-order valence-corrected chi connectivity index (χ3v) is 6.08. The van der Waals surface area contributed by atoms with Crippen molar-refractivity contribution < 1.29 is 14.6 Å². The molecule has 4 aromatic rings. The number of carbonyl (C=O) groups is 1. The molecular weight excluding hydrogens is 448 g/mol. The van der Waals surface area contributed by atoms with Crippen molar-refractivity contribution in [2.45, 2.75) is 25.5 Å². The lowest BCUT2D eigenvalue weighted by atomic mass is 10.1. The molecule has 7 nitrogen and oxygen atoms in total. The zero-order valence-corrected chi connectivity index (χ0v) is 19.9. The van der Waals surface area contributed by atoms with Gasteiger partial charge < -0.3 is 14.4 Å². The van der Waals surface area contributed by atoms with Gasteiger partial charge in [0.2, 0.25) is 0 Å². The first kappa shape index (κ1) is 23.4. The largest absolute Gasteiger partial charge is 0.504 e. The molecule has 0 aliphatic carbocycles. The number of imidazole rings is 1. The maximum Gasteiger partial charge on any atom is 0.250 e. The fourth-order valence-electron chi connectivity index (χ4n) is 3.42. The Morgan fingerprint density at radius 2 is 1.97 bits per heavy atom. The van der Waals surface area contributed by atoms with Crippen molar-refractivity contribution in [3.63, 3.8) is 0 Å². The minimum atomic E-state index is -0.237. The summed E-state index contributed by atoms with van der Waals surface area (Å²) in [6.07, 6.45) is 1.51. The number of aryl methyl sites for hydroxylation is 1. The van der Waals surface area contributed by atoms with Crippen molar-refractivity contribution >= 4 is 34.9 Å². The van der Waals surface area contributed by atoms with E-state index in [9.17, 15) is 9.90 Å². The summed E-state index contributed by atoms with van der Waals surface area (Å²) in [7, 11) is 0. The lowest BCUT2D eigenvalue weighted by Gasteiger charge is -2.09. The number of hydrazone groups is 1. The maximum atomic E-state index is 12.4. The number of nitrogens with one attached hydrogen (secondary N) is 1. The summed E-state index contributed by atoms with van der Waals surface area (Å²) in [5, 5.41) is 14.6. The van der Waals surface area contributed by atoms with Gasteiger partial charge in [0.1, 0.15) is 0 Å². The number of thioether (sulfide) groups is 1. The number of amides is 1. The van der Waals surface area contributed by atoms with Crippen LogP contribution in [-0.2, 0) is 11.3 Å². The van der Waals surface area contributed by atoms with Gasteiger partial charge in [0.25, 0.3) is 5.91 Å². The predicted octanol–water partition coefficient (Wildman–Crippen LogP) is 4.74. The van der Waals surface area contributed by atoms with Crippen LogP contribution in [0.3, 0.4) is 0 Å². The maximum absolute atomic E-state index is 12.4. The Morgan fingerprint density at radius 1 is 1.18 bits per heavy atom. The van der Waals surface area contributed by atoms with E-state index in [2.05, 4.69) is 46.3 Å². The van der Waals surface area contributed by atoms with Gasteiger partial charge in [0.15, 0.2) is 16.7 Å². The summed E-state index contributed by atoms with van der Waals surface area (Å²) in [6, 6.07) is 21.3. The summed E-state index contributed by atoms with van der Waals surface area (Å²) < 4.78 is 7.50. The van der Waals surface area contributed by atoms with Crippen LogP contribution < -0.4 is 10.2 Å². The van der Waals surface area contributed by atoms with Gasteiger partial charge in [-0.05, 0) is 55.3 Å². The number of phenolic OH excluding ortho intramolecular Hbond substituents is 1. The second-order valence-electron chi connectivity index (χ2n) is 7.70. The zero-order valence-electron chi connectivity index (χ0n) is 19.1. The molecule has 0 saturated heterocycles. The quantitative estimate of drug-likeness (QED) is 0.208. The highest BCUT2D eigenvalue weighted by atomic mass is 32.2. The van der Waals surface area contributed by atoms with E-state index in [-0.39, 0.29) is 17.4 Å². The van der Waals surface area contributed by atoms with Crippen LogP contribution in [0.2, 0.25) is 0 Å². The summed E-state index contributed by atoms with van der Waals surface area (Å²) in [6.45, 7) is 5.02. The van der Waals surface area contributed by atoms with Gasteiger partial charge in [-0.1, -0.05) is 53.7 Å². The van der Waals surface area contributed by atoms with Crippen LogP contribution in [0.5, 0.6) is 11.5 Å². The van der Waals surface area contributed by atoms with E-state index in [1.165, 1.54) is 35.2 Å². The topological polar surface area (TPSA) is 88.7 Å². The van der Waals surface area contributed by atoms with E-state index >= 15 is 0 Å². The second kappa shape index (κ2) is 10.9. The minimum Gasteiger partial charge on any atom is -0.504 e. The number of aromatic hydroxyl groups is 1. The Labute approximate surface area is 202 Å². The molecule has 2 N–H and O–H groups in total. The fraction of sp³-hybridized carbons (Fsp3) is 0.192. The van der Waals surface area contributed by atoms with E-state index in [0.717, 1.165) is 16.2 Å². The number of benzene rings is 3. The number of para-hydroxylation sites is 2. The lowest BCUT2D eigenvalue weighted by Crippen LogP contribution is -2.20. The van der Waals surface area contributed by atoms with Crippen LogP contribution in [0.4, 0.5) is 0 Å². The normalized spacial score (nSPS) is 11.2. The Kier molecular flexibility index (Phi) is 7.49. The van der Waals surface area contributed by atoms with Gasteiger partial charge in [-0.25, -0.2) is 10.4 Å². The smallest absolute Gasteiger partial charge is 0.250 e. The van der Waals surface area contributed by atoms with E-state index in [1.54, 1.807) is 12.1 Å². The van der Waals surface area contributed by atoms with Gasteiger partial charge >= 0.3 is 0 Å². The van der Waals surface area contributed by atoms with Gasteiger partial charge in [-0.15, -0.1) is 0 Å². The van der Waals surface area contributed by atoms with E-state index < -0.39 is 0 Å². The average molecular weight is 475 g/mol. The Bertz CT molecular complexity index is 1320. The molecule has 1 heterocycles. The number of hydrogen-bond donors (Lipinski definition) is 2. The van der Waals surface area contributed by atoms with Crippen molar-refractivity contribution in [1.82, 2.24) is 15.0 Å². The molecule has 3 aromatic carbocycles. The molecule has 0 saturated carbocycles. The fourth-order valence-corrected chi connectivity index (χ4v) is 4.22. The predicted molar refractivity (Wildman–Crippen MR) is 136 cm³/mol. The molecule has 4 rings (SSSR count). The summed E-state index contributed by atoms with van der Waals surface area (Å²) in [5.41, 5.74) is 7.56. The van der Waals surface area contributed by atoms with Crippen molar-refractivity contribution in [2.24, 2.45) is 5.10 Å². The first-order valence-electron chi connectivity index (χ1n) is 10.9. The molecule has 0 radical (unpaired) electrons. The molecule has 0 unspecified atom stereocenters. The van der Waals surface area contributed by atoms with Crippen LogP contribution in [0.1, 0.15) is 23.6 Å². The Balaban J connectivity index is 1.42. The van der Waals surface area contributed by atoms with E-state index in [0.29, 0.717) is 24.5 Å². The number of carbonyl (C=O) groups excluding carboxylic acids is 1. The summed E-state index contributed by atoms with van der Waals surface area (Å²) >= 11 is 1.37. The molecule has 8 heteroatoms. The first-order valence-corrected chi connectivity index (χ1v) is 11.9. The highest BCUT2D eigenvalue weighted by molar-refractivity contribution is 7.99. The monoisotopic (exact) mass is 474 g/mol. The van der Waals surface area contributed by atoms with Crippen molar-refractivity contribution in [2.75, 3.05) is 12.4 Å². The van der Waals surface area contributed by atoms with E-state index in [1.807, 2.05) is 31.2 Å². The molecule has 0 spiro atoms. The number of ether oxygens (including phenoxy) is 1. The van der Waals surface area contributed by atoms with Crippen molar-refractivity contribution in [1.29, 1.82) is 0 Å².